The summed E-state index contributed by atoms with van der Waals surface area (Å²) in [7, 11) is 3.99. The number of nitrogens with zero attached hydrogens (tertiary/aromatic N) is 3. The first-order valence-corrected chi connectivity index (χ1v) is 6.11. The summed E-state index contributed by atoms with van der Waals surface area (Å²) < 4.78 is 0. The number of aromatic nitrogens is 3. The van der Waals surface area contributed by atoms with Crippen molar-refractivity contribution in [2.45, 2.75) is 6.92 Å². The smallest absolute Gasteiger partial charge is 0.153 e. The highest BCUT2D eigenvalue weighted by Crippen LogP contribution is 2.17. The molecular formula is C12H20N6. The summed E-state index contributed by atoms with van der Waals surface area (Å²) in [5.74, 6) is 1.40. The fraction of sp³-hybridized carbons (Fsp3) is 0.500. The number of fused-ring (bicyclic) bond motifs is 1. The Hall–Kier alpha value is -1.66. The summed E-state index contributed by atoms with van der Waals surface area (Å²) in [5, 5.41) is 6.23. The van der Waals surface area contributed by atoms with Gasteiger partial charge >= 0.3 is 0 Å². The summed E-state index contributed by atoms with van der Waals surface area (Å²) in [6.45, 7) is 4.15. The molecule has 0 aliphatic heterocycles. The maximum Gasteiger partial charge on any atom is 0.153 e. The lowest BCUT2D eigenvalue weighted by Crippen LogP contribution is -2.33. The molecule has 0 amide bonds. The average Bonchev–Trinajstić information content (AvgIpc) is 2.78. The Morgan fingerprint density at radius 2 is 2.28 bits per heavy atom. The second-order valence-corrected chi connectivity index (χ2v) is 4.62. The Labute approximate surface area is 107 Å². The van der Waals surface area contributed by atoms with Gasteiger partial charge in [0.25, 0.3) is 0 Å². The van der Waals surface area contributed by atoms with Crippen molar-refractivity contribution < 1.29 is 0 Å². The van der Waals surface area contributed by atoms with Crippen molar-refractivity contribution in [1.29, 1.82) is 0 Å². The van der Waals surface area contributed by atoms with E-state index in [2.05, 4.69) is 37.6 Å². The molecular weight excluding hydrogens is 228 g/mol. The van der Waals surface area contributed by atoms with Gasteiger partial charge in [0.05, 0.1) is 5.39 Å². The van der Waals surface area contributed by atoms with E-state index in [1.165, 1.54) is 0 Å². The molecule has 1 unspecified atom stereocenters. The van der Waals surface area contributed by atoms with E-state index in [-0.39, 0.29) is 0 Å². The van der Waals surface area contributed by atoms with Gasteiger partial charge in [-0.05, 0) is 25.6 Å². The minimum absolute atomic E-state index is 0.566. The van der Waals surface area contributed by atoms with E-state index in [1.807, 2.05) is 26.4 Å². The summed E-state index contributed by atoms with van der Waals surface area (Å²) in [4.78, 5) is 11.5. The first-order valence-electron chi connectivity index (χ1n) is 6.11. The van der Waals surface area contributed by atoms with E-state index in [1.54, 1.807) is 6.33 Å². The molecule has 6 heteroatoms. The van der Waals surface area contributed by atoms with Crippen LogP contribution in [-0.4, -0.2) is 47.1 Å². The van der Waals surface area contributed by atoms with Crippen molar-refractivity contribution in [3.8, 4) is 0 Å². The number of rotatable bonds is 6. The molecule has 2 aromatic rings. The zero-order valence-electron chi connectivity index (χ0n) is 11.1. The van der Waals surface area contributed by atoms with Gasteiger partial charge in [-0.25, -0.2) is 15.0 Å². The van der Waals surface area contributed by atoms with Crippen molar-refractivity contribution in [2.24, 2.45) is 5.92 Å². The van der Waals surface area contributed by atoms with E-state index in [0.29, 0.717) is 5.92 Å². The van der Waals surface area contributed by atoms with Gasteiger partial charge in [-0.15, -0.1) is 0 Å². The van der Waals surface area contributed by atoms with Gasteiger partial charge in [-0.2, -0.15) is 0 Å². The largest absolute Gasteiger partial charge is 0.346 e. The number of hydrogen-bond acceptors (Lipinski definition) is 5. The molecule has 0 aromatic carbocycles. The molecule has 6 nitrogen and oxygen atoms in total. The van der Waals surface area contributed by atoms with Crippen LogP contribution in [0.15, 0.2) is 18.6 Å². The molecule has 1 atom stereocenters. The third-order valence-corrected chi connectivity index (χ3v) is 2.79. The Kier molecular flexibility index (Phi) is 4.11. The lowest BCUT2D eigenvalue weighted by atomic mass is 10.2. The maximum atomic E-state index is 4.27. The van der Waals surface area contributed by atoms with Gasteiger partial charge in [0.2, 0.25) is 0 Å². The van der Waals surface area contributed by atoms with Crippen LogP contribution in [-0.2, 0) is 0 Å². The molecule has 0 aliphatic carbocycles. The quantitative estimate of drug-likeness (QED) is 0.667. The molecule has 0 radical (unpaired) electrons. The van der Waals surface area contributed by atoms with Gasteiger partial charge in [0.1, 0.15) is 12.0 Å². The minimum Gasteiger partial charge on any atom is -0.346 e. The third kappa shape index (κ3) is 2.96. The lowest BCUT2D eigenvalue weighted by Gasteiger charge is -2.22. The molecule has 98 valence electrons. The molecule has 3 N–H and O–H groups in total. The monoisotopic (exact) mass is 248 g/mol. The number of H-pyrrole nitrogens is 1. The highest BCUT2D eigenvalue weighted by atomic mass is 15.5. The van der Waals surface area contributed by atoms with E-state index < -0.39 is 0 Å². The van der Waals surface area contributed by atoms with Crippen LogP contribution in [0.2, 0.25) is 0 Å². The van der Waals surface area contributed by atoms with Crippen molar-refractivity contribution in [3.63, 3.8) is 0 Å². The maximum absolute atomic E-state index is 4.27. The molecule has 18 heavy (non-hydrogen) atoms. The number of anilines is 1. The van der Waals surface area contributed by atoms with Gasteiger partial charge in [-0.3, -0.25) is 0 Å². The molecule has 2 rings (SSSR count). The normalized spacial score (nSPS) is 13.1. The van der Waals surface area contributed by atoms with Crippen LogP contribution in [0.1, 0.15) is 6.92 Å². The summed E-state index contributed by atoms with van der Waals surface area (Å²) in [6, 6.07) is 1.97. The summed E-state index contributed by atoms with van der Waals surface area (Å²) in [6.07, 6.45) is 3.43. The van der Waals surface area contributed by atoms with Gasteiger partial charge in [0.15, 0.2) is 5.82 Å². The van der Waals surface area contributed by atoms with Gasteiger partial charge in [-0.1, -0.05) is 6.92 Å². The van der Waals surface area contributed by atoms with Crippen LogP contribution < -0.4 is 10.7 Å². The van der Waals surface area contributed by atoms with Crippen LogP contribution in [0, 0.1) is 5.92 Å². The standard InChI is InChI=1S/C12H20N6/c1-9(6-13-2)7-18(3)17-12-10-4-5-14-11(10)15-8-16-12/h4-5,8-9,13H,6-7H2,1-3H3,(H2,14,15,16,17). The molecule has 0 saturated heterocycles. The Balaban J connectivity index is 2.02. The van der Waals surface area contributed by atoms with Crippen molar-refractivity contribution in [1.82, 2.24) is 25.3 Å². The number of nitrogens with one attached hydrogen (secondary N) is 3. The Morgan fingerprint density at radius 3 is 3.06 bits per heavy atom. The van der Waals surface area contributed by atoms with Crippen LogP contribution in [0.25, 0.3) is 11.0 Å². The predicted octanol–water partition coefficient (Wildman–Crippen LogP) is 1.07. The Morgan fingerprint density at radius 1 is 1.44 bits per heavy atom. The molecule has 0 fully saturated rings. The second-order valence-electron chi connectivity index (χ2n) is 4.62. The highest BCUT2D eigenvalue weighted by Gasteiger charge is 2.09. The Bertz CT molecular complexity index is 494. The van der Waals surface area contributed by atoms with Crippen molar-refractivity contribution in [2.75, 3.05) is 32.6 Å². The third-order valence-electron chi connectivity index (χ3n) is 2.79. The summed E-state index contributed by atoms with van der Waals surface area (Å²) >= 11 is 0. The highest BCUT2D eigenvalue weighted by molar-refractivity contribution is 5.86. The lowest BCUT2D eigenvalue weighted by molar-refractivity contribution is 0.330. The van der Waals surface area contributed by atoms with Crippen LogP contribution in [0.4, 0.5) is 5.82 Å². The SMILES string of the molecule is CNCC(C)CN(C)Nc1ncnc2[nH]ccc12. The fourth-order valence-corrected chi connectivity index (χ4v) is 2.07. The van der Waals surface area contributed by atoms with Crippen molar-refractivity contribution >= 4 is 16.9 Å². The van der Waals surface area contributed by atoms with Crippen LogP contribution in [0.3, 0.4) is 0 Å². The molecule has 2 heterocycles. The van der Waals surface area contributed by atoms with Crippen LogP contribution in [0.5, 0.6) is 0 Å². The van der Waals surface area contributed by atoms with Crippen LogP contribution >= 0.6 is 0 Å². The van der Waals surface area contributed by atoms with E-state index in [4.69, 9.17) is 0 Å². The average molecular weight is 248 g/mol. The summed E-state index contributed by atoms with van der Waals surface area (Å²) in [5.41, 5.74) is 4.15. The molecule has 2 aromatic heterocycles. The molecule has 0 bridgehead atoms. The predicted molar refractivity (Wildman–Crippen MR) is 73.2 cm³/mol. The number of aromatic amines is 1. The number of hydrogen-bond donors (Lipinski definition) is 3. The van der Waals surface area contributed by atoms with E-state index >= 15 is 0 Å². The second kappa shape index (κ2) is 5.79. The first-order chi connectivity index (χ1) is 8.70. The van der Waals surface area contributed by atoms with E-state index in [9.17, 15) is 0 Å². The zero-order valence-corrected chi connectivity index (χ0v) is 11.1. The molecule has 0 saturated carbocycles. The topological polar surface area (TPSA) is 68.9 Å². The fourth-order valence-electron chi connectivity index (χ4n) is 2.07. The molecule has 0 spiro atoms. The minimum atomic E-state index is 0.566. The number of hydrazine groups is 1. The first kappa shape index (κ1) is 12.8. The molecule has 0 aliphatic rings. The van der Waals surface area contributed by atoms with Gasteiger partial charge in [0, 0.05) is 19.8 Å². The van der Waals surface area contributed by atoms with Gasteiger partial charge < -0.3 is 15.7 Å². The van der Waals surface area contributed by atoms with E-state index in [0.717, 1.165) is 29.9 Å². The zero-order chi connectivity index (χ0) is 13.0. The van der Waals surface area contributed by atoms with Crippen molar-refractivity contribution in [3.05, 3.63) is 18.6 Å².